The number of carbonyl (C=O) groups is 1. The summed E-state index contributed by atoms with van der Waals surface area (Å²) >= 11 is 0. The van der Waals surface area contributed by atoms with Crippen LogP contribution in [0.5, 0.6) is 0 Å². The van der Waals surface area contributed by atoms with Gasteiger partial charge in [0.1, 0.15) is 11.6 Å². The summed E-state index contributed by atoms with van der Waals surface area (Å²) in [5.74, 6) is -1.86. The number of nitrogens with zero attached hydrogens (tertiary/aromatic N) is 3. The highest BCUT2D eigenvalue weighted by molar-refractivity contribution is 5.71. The maximum Gasteiger partial charge on any atom is 0.328 e. The van der Waals surface area contributed by atoms with E-state index in [9.17, 15) is 14.9 Å². The number of nitro groups is 1. The lowest BCUT2D eigenvalue weighted by Crippen LogP contribution is -2.20. The zero-order chi connectivity index (χ0) is 13.7. The van der Waals surface area contributed by atoms with E-state index < -0.39 is 22.5 Å². The molecular weight excluding hydrogens is 240 g/mol. The Morgan fingerprint density at radius 1 is 1.78 bits per heavy atom. The molecule has 1 heterocycles. The highest BCUT2D eigenvalue weighted by Crippen LogP contribution is 2.25. The Morgan fingerprint density at radius 3 is 2.94 bits per heavy atom. The van der Waals surface area contributed by atoms with Gasteiger partial charge in [-0.05, 0) is 6.07 Å². The van der Waals surface area contributed by atoms with Gasteiger partial charge in [0.2, 0.25) is 5.82 Å². The second-order valence-electron chi connectivity index (χ2n) is 3.54. The molecule has 8 nitrogen and oxygen atoms in total. The molecule has 0 bridgehead atoms. The number of carboxylic acids is 1. The Kier molecular flexibility index (Phi) is 4.15. The Morgan fingerprint density at radius 2 is 2.44 bits per heavy atom. The molecule has 1 unspecified atom stereocenters. The minimum Gasteiger partial charge on any atom is -0.481 e. The summed E-state index contributed by atoms with van der Waals surface area (Å²) in [5.41, 5.74) is -0.571. The first kappa shape index (κ1) is 13.4. The highest BCUT2D eigenvalue weighted by Gasteiger charge is 2.22. The van der Waals surface area contributed by atoms with Crippen LogP contribution in [-0.2, 0) is 4.79 Å². The van der Waals surface area contributed by atoms with Crippen molar-refractivity contribution < 1.29 is 14.8 Å². The fourth-order valence-electron chi connectivity index (χ4n) is 1.20. The van der Waals surface area contributed by atoms with Crippen LogP contribution in [0.2, 0.25) is 0 Å². The van der Waals surface area contributed by atoms with Crippen molar-refractivity contribution in [3.05, 3.63) is 27.9 Å². The zero-order valence-electron chi connectivity index (χ0n) is 9.45. The van der Waals surface area contributed by atoms with Crippen LogP contribution < -0.4 is 5.32 Å². The zero-order valence-corrected chi connectivity index (χ0v) is 9.45. The number of hydrogen-bond acceptors (Lipinski definition) is 6. The van der Waals surface area contributed by atoms with E-state index in [-0.39, 0.29) is 17.9 Å². The van der Waals surface area contributed by atoms with Gasteiger partial charge in [0.25, 0.3) is 0 Å². The third-order valence-electron chi connectivity index (χ3n) is 2.22. The molecular formula is C10H10N4O4. The summed E-state index contributed by atoms with van der Waals surface area (Å²) < 4.78 is 0. The molecule has 1 aromatic rings. The van der Waals surface area contributed by atoms with Crippen molar-refractivity contribution >= 4 is 17.5 Å². The van der Waals surface area contributed by atoms with Crippen LogP contribution in [0.25, 0.3) is 0 Å². The number of nitriles is 1. The lowest BCUT2D eigenvalue weighted by Gasteiger charge is -2.09. The van der Waals surface area contributed by atoms with Crippen LogP contribution in [0.4, 0.5) is 11.5 Å². The summed E-state index contributed by atoms with van der Waals surface area (Å²) in [6.07, 6.45) is 1.25. The number of rotatable bonds is 5. The van der Waals surface area contributed by atoms with Gasteiger partial charge in [-0.2, -0.15) is 5.26 Å². The van der Waals surface area contributed by atoms with Crippen molar-refractivity contribution in [1.29, 1.82) is 5.26 Å². The van der Waals surface area contributed by atoms with Gasteiger partial charge in [-0.3, -0.25) is 14.9 Å². The van der Waals surface area contributed by atoms with Crippen molar-refractivity contribution in [3.63, 3.8) is 0 Å². The summed E-state index contributed by atoms with van der Waals surface area (Å²) in [4.78, 5) is 24.5. The van der Waals surface area contributed by atoms with Crippen molar-refractivity contribution in [1.82, 2.24) is 4.98 Å². The predicted molar refractivity (Wildman–Crippen MR) is 60.9 cm³/mol. The molecule has 0 aliphatic heterocycles. The van der Waals surface area contributed by atoms with Gasteiger partial charge in [0.05, 0.1) is 10.8 Å². The first-order valence-electron chi connectivity index (χ1n) is 4.97. The number of aliphatic carboxylic acids is 1. The molecule has 0 aliphatic rings. The molecule has 0 radical (unpaired) electrons. The van der Waals surface area contributed by atoms with Crippen LogP contribution in [0.1, 0.15) is 12.5 Å². The van der Waals surface area contributed by atoms with E-state index in [0.717, 1.165) is 0 Å². The van der Waals surface area contributed by atoms with Gasteiger partial charge >= 0.3 is 11.7 Å². The van der Waals surface area contributed by atoms with Crippen LogP contribution in [0, 0.1) is 27.4 Å². The number of pyridine rings is 1. The molecule has 0 saturated heterocycles. The van der Waals surface area contributed by atoms with Gasteiger partial charge < -0.3 is 10.4 Å². The van der Waals surface area contributed by atoms with Gasteiger partial charge in [-0.15, -0.1) is 0 Å². The third-order valence-corrected chi connectivity index (χ3v) is 2.22. The highest BCUT2D eigenvalue weighted by atomic mass is 16.6. The van der Waals surface area contributed by atoms with E-state index in [1.807, 2.05) is 0 Å². The molecule has 0 aromatic carbocycles. The monoisotopic (exact) mass is 250 g/mol. The number of nitrogens with one attached hydrogen (secondary N) is 1. The van der Waals surface area contributed by atoms with Crippen molar-refractivity contribution in [3.8, 4) is 6.07 Å². The van der Waals surface area contributed by atoms with Gasteiger partial charge in [0, 0.05) is 12.7 Å². The Labute approximate surface area is 102 Å². The molecule has 1 rings (SSSR count). The first-order chi connectivity index (χ1) is 8.47. The van der Waals surface area contributed by atoms with Crippen LogP contribution in [-0.4, -0.2) is 27.5 Å². The summed E-state index contributed by atoms with van der Waals surface area (Å²) in [6, 6.07) is 2.92. The molecule has 8 heteroatoms. The second kappa shape index (κ2) is 5.58. The van der Waals surface area contributed by atoms with Gasteiger partial charge in [0.15, 0.2) is 0 Å². The molecule has 94 valence electrons. The minimum atomic E-state index is -1.03. The quantitative estimate of drug-likeness (QED) is 0.588. The van der Waals surface area contributed by atoms with Gasteiger partial charge in [-0.1, -0.05) is 6.92 Å². The van der Waals surface area contributed by atoms with Crippen molar-refractivity contribution in [2.24, 2.45) is 5.92 Å². The molecule has 1 atom stereocenters. The molecule has 1 aromatic heterocycles. The normalized spacial score (nSPS) is 11.3. The maximum absolute atomic E-state index is 10.8. The van der Waals surface area contributed by atoms with E-state index in [1.54, 1.807) is 6.07 Å². The molecule has 0 saturated carbocycles. The number of aromatic nitrogens is 1. The molecule has 0 aliphatic carbocycles. The summed E-state index contributed by atoms with van der Waals surface area (Å²) in [7, 11) is 0. The van der Waals surface area contributed by atoms with Crippen LogP contribution >= 0.6 is 0 Å². The predicted octanol–water partition coefficient (Wildman–Crippen LogP) is 0.994. The Bertz CT molecular complexity index is 523. The van der Waals surface area contributed by atoms with Crippen LogP contribution in [0.15, 0.2) is 12.3 Å². The molecule has 0 amide bonds. The minimum absolute atomic E-state index is 0.0158. The number of hydrogen-bond donors (Lipinski definition) is 2. The summed E-state index contributed by atoms with van der Waals surface area (Å²) in [5, 5.41) is 30.8. The van der Waals surface area contributed by atoms with Gasteiger partial charge in [-0.25, -0.2) is 4.98 Å². The second-order valence-corrected chi connectivity index (χ2v) is 3.54. The number of carboxylic acid groups (broad SMARTS) is 1. The number of anilines is 1. The molecule has 0 spiro atoms. The lowest BCUT2D eigenvalue weighted by molar-refractivity contribution is -0.384. The topological polar surface area (TPSA) is 129 Å². The smallest absolute Gasteiger partial charge is 0.328 e. The third kappa shape index (κ3) is 2.91. The maximum atomic E-state index is 10.8. The van der Waals surface area contributed by atoms with Crippen LogP contribution in [0.3, 0.4) is 0 Å². The molecule has 18 heavy (non-hydrogen) atoms. The average molecular weight is 250 g/mol. The van der Waals surface area contributed by atoms with E-state index in [0.29, 0.717) is 0 Å². The van der Waals surface area contributed by atoms with E-state index in [4.69, 9.17) is 10.4 Å². The first-order valence-corrected chi connectivity index (χ1v) is 4.97. The van der Waals surface area contributed by atoms with E-state index >= 15 is 0 Å². The van der Waals surface area contributed by atoms with Crippen molar-refractivity contribution in [2.45, 2.75) is 6.92 Å². The molecule has 2 N–H and O–H groups in total. The Hall–Kier alpha value is -2.69. The standard InChI is InChI=1S/C10H10N4O4/c1-6(10(15)16)5-13-9-8(14(17)18)7(4-11)2-3-12-9/h2-3,6H,5H2,1H3,(H,12,13)(H,15,16). The molecule has 0 fully saturated rings. The summed E-state index contributed by atoms with van der Waals surface area (Å²) in [6.45, 7) is 1.44. The Balaban J connectivity index is 2.99. The fourth-order valence-corrected chi connectivity index (χ4v) is 1.20. The largest absolute Gasteiger partial charge is 0.481 e. The van der Waals surface area contributed by atoms with Crippen molar-refractivity contribution in [2.75, 3.05) is 11.9 Å². The lowest BCUT2D eigenvalue weighted by atomic mass is 10.2. The average Bonchev–Trinajstić information content (AvgIpc) is 2.34. The SMILES string of the molecule is CC(CNc1nccc(C#N)c1[N+](=O)[O-])C(=O)O. The fraction of sp³-hybridized carbons (Fsp3) is 0.300. The van der Waals surface area contributed by atoms with E-state index in [2.05, 4.69) is 10.3 Å². The van der Waals surface area contributed by atoms with E-state index in [1.165, 1.54) is 19.2 Å².